The van der Waals surface area contributed by atoms with Gasteiger partial charge in [-0.1, -0.05) is 54.1 Å². The van der Waals surface area contributed by atoms with E-state index in [0.717, 1.165) is 35.2 Å². The van der Waals surface area contributed by atoms with Crippen molar-refractivity contribution in [1.82, 2.24) is 4.98 Å². The minimum absolute atomic E-state index is 0.257. The summed E-state index contributed by atoms with van der Waals surface area (Å²) in [6.07, 6.45) is 4.37. The molecule has 9 heteroatoms. The number of hydrogen-bond donors (Lipinski definition) is 2. The second-order valence-electron chi connectivity index (χ2n) is 10.8. The molecule has 2 amide bonds. The molecule has 8 nitrogen and oxygen atoms in total. The molecule has 0 saturated carbocycles. The molecule has 5 aromatic rings. The van der Waals surface area contributed by atoms with Crippen LogP contribution in [0.15, 0.2) is 97.1 Å². The third-order valence-corrected chi connectivity index (χ3v) is 7.97. The molecule has 230 valence electrons. The largest absolute Gasteiger partial charge is 0.497 e. The van der Waals surface area contributed by atoms with Crippen molar-refractivity contribution in [2.45, 2.75) is 19.3 Å². The number of carbonyl (C=O) groups is 3. The van der Waals surface area contributed by atoms with E-state index in [2.05, 4.69) is 16.7 Å². The van der Waals surface area contributed by atoms with Crippen molar-refractivity contribution >= 4 is 63.3 Å². The summed E-state index contributed by atoms with van der Waals surface area (Å²) >= 11 is 6.08. The number of pyridine rings is 1. The van der Waals surface area contributed by atoms with E-state index in [1.165, 1.54) is 0 Å². The van der Waals surface area contributed by atoms with E-state index in [-0.39, 0.29) is 5.56 Å². The average Bonchev–Trinajstić information content (AvgIpc) is 3.08. The van der Waals surface area contributed by atoms with Crippen molar-refractivity contribution in [2.24, 2.45) is 0 Å². The van der Waals surface area contributed by atoms with Gasteiger partial charge in [-0.3, -0.25) is 9.59 Å². The zero-order valence-electron chi connectivity index (χ0n) is 25.0. The van der Waals surface area contributed by atoms with Gasteiger partial charge in [-0.2, -0.15) is 0 Å². The fourth-order valence-electron chi connectivity index (χ4n) is 5.52. The average molecular weight is 632 g/mol. The van der Waals surface area contributed by atoms with Crippen LogP contribution in [-0.2, 0) is 16.0 Å². The summed E-state index contributed by atoms with van der Waals surface area (Å²) in [5.74, 6) is -0.928. The molecular formula is C37H30ClN3O5. The number of nitrogens with one attached hydrogen (secondary N) is 2. The summed E-state index contributed by atoms with van der Waals surface area (Å²) in [5.41, 5.74) is 5.76. The van der Waals surface area contributed by atoms with Gasteiger partial charge in [0.2, 0.25) is 0 Å². The molecule has 1 heterocycles. The molecule has 46 heavy (non-hydrogen) atoms. The highest BCUT2D eigenvalue weighted by atomic mass is 35.5. The minimum Gasteiger partial charge on any atom is -0.497 e. The number of anilines is 2. The Morgan fingerprint density at radius 1 is 0.870 bits per heavy atom. The number of ether oxygens (including phenoxy) is 2. The van der Waals surface area contributed by atoms with Crippen LogP contribution in [0.2, 0.25) is 5.02 Å². The Balaban J connectivity index is 1.20. The van der Waals surface area contributed by atoms with E-state index >= 15 is 0 Å². The Kier molecular flexibility index (Phi) is 9.08. The van der Waals surface area contributed by atoms with Gasteiger partial charge >= 0.3 is 5.97 Å². The van der Waals surface area contributed by atoms with Crippen LogP contribution in [0.4, 0.5) is 11.4 Å². The lowest BCUT2D eigenvalue weighted by Gasteiger charge is -2.22. The van der Waals surface area contributed by atoms with E-state index in [1.807, 2.05) is 48.5 Å². The Bertz CT molecular complexity index is 1970. The first-order valence-corrected chi connectivity index (χ1v) is 15.2. The number of aromatic nitrogens is 1. The van der Waals surface area contributed by atoms with E-state index in [1.54, 1.807) is 55.6 Å². The van der Waals surface area contributed by atoms with Gasteiger partial charge in [0.25, 0.3) is 11.8 Å². The number of amides is 2. The molecule has 0 unspecified atom stereocenters. The lowest BCUT2D eigenvalue weighted by atomic mass is 9.86. The van der Waals surface area contributed by atoms with Crippen LogP contribution >= 0.6 is 11.6 Å². The molecular weight excluding hydrogens is 602 g/mol. The molecule has 1 aliphatic carbocycles. The Morgan fingerprint density at radius 3 is 2.39 bits per heavy atom. The normalized spacial score (nSPS) is 13.1. The Morgan fingerprint density at radius 2 is 1.61 bits per heavy atom. The Hall–Kier alpha value is -5.47. The van der Waals surface area contributed by atoms with E-state index in [9.17, 15) is 14.4 Å². The van der Waals surface area contributed by atoms with Crippen molar-refractivity contribution in [1.29, 1.82) is 0 Å². The molecule has 0 atom stereocenters. The zero-order chi connectivity index (χ0) is 32.0. The SMILES string of the molecule is COc1ccc(NC(=O)c2ccccc2NC(=O)COC(=O)c2c3c(nc4ccccc24)/C(=C\c2ccc(Cl)cc2)CCC3)cc1. The fraction of sp³-hybridized carbons (Fsp3) is 0.135. The molecule has 0 radical (unpaired) electrons. The molecule has 0 spiro atoms. The number of hydrogen-bond acceptors (Lipinski definition) is 6. The number of halogens is 1. The number of methoxy groups -OCH3 is 1. The number of benzene rings is 4. The summed E-state index contributed by atoms with van der Waals surface area (Å²) in [6, 6.07) is 28.5. The molecule has 6 rings (SSSR count). The van der Waals surface area contributed by atoms with Crippen molar-refractivity contribution < 1.29 is 23.9 Å². The smallest absolute Gasteiger partial charge is 0.339 e. The van der Waals surface area contributed by atoms with Crippen LogP contribution in [0.25, 0.3) is 22.6 Å². The van der Waals surface area contributed by atoms with Gasteiger partial charge in [-0.15, -0.1) is 0 Å². The van der Waals surface area contributed by atoms with Gasteiger partial charge in [-0.25, -0.2) is 9.78 Å². The number of fused-ring (bicyclic) bond motifs is 2. The summed E-state index contributed by atoms with van der Waals surface area (Å²) in [5, 5.41) is 6.85. The van der Waals surface area contributed by atoms with Crippen molar-refractivity contribution in [3.8, 4) is 5.75 Å². The van der Waals surface area contributed by atoms with Crippen LogP contribution in [0.1, 0.15) is 50.4 Å². The molecule has 2 N–H and O–H groups in total. The van der Waals surface area contributed by atoms with Crippen LogP contribution in [0.3, 0.4) is 0 Å². The van der Waals surface area contributed by atoms with Crippen molar-refractivity contribution in [3.05, 3.63) is 130 Å². The van der Waals surface area contributed by atoms with Gasteiger partial charge in [0.15, 0.2) is 6.61 Å². The number of carbonyl (C=O) groups excluding carboxylic acids is 3. The van der Waals surface area contributed by atoms with Crippen LogP contribution in [0, 0.1) is 0 Å². The van der Waals surface area contributed by atoms with E-state index in [4.69, 9.17) is 26.1 Å². The van der Waals surface area contributed by atoms with Crippen LogP contribution < -0.4 is 15.4 Å². The first-order valence-electron chi connectivity index (χ1n) is 14.8. The first-order chi connectivity index (χ1) is 22.4. The third-order valence-electron chi connectivity index (χ3n) is 7.71. The predicted octanol–water partition coefficient (Wildman–Crippen LogP) is 7.82. The standard InChI is InChI=1S/C37H30ClN3O5/c1-45-27-19-17-26(18-20-27)39-36(43)29-9-3-5-12-32(29)40-33(42)22-46-37(44)34-28-8-2-4-11-31(28)41-35-24(7-6-10-30(34)35)21-23-13-15-25(38)16-14-23/h2-5,8-9,11-21H,6-7,10,22H2,1H3,(H,39,43)(H,40,42)/b24-21-. The maximum Gasteiger partial charge on any atom is 0.339 e. The maximum absolute atomic E-state index is 13.7. The second kappa shape index (κ2) is 13.7. The van der Waals surface area contributed by atoms with Gasteiger partial charge in [0.1, 0.15) is 5.75 Å². The third kappa shape index (κ3) is 6.77. The molecule has 0 fully saturated rings. The van der Waals surface area contributed by atoms with Gasteiger partial charge in [0, 0.05) is 16.1 Å². The summed E-state index contributed by atoms with van der Waals surface area (Å²) in [4.78, 5) is 44.7. The number of rotatable bonds is 8. The molecule has 1 aliphatic rings. The maximum atomic E-state index is 13.7. The lowest BCUT2D eigenvalue weighted by molar-refractivity contribution is -0.119. The highest BCUT2D eigenvalue weighted by Crippen LogP contribution is 2.36. The van der Waals surface area contributed by atoms with Crippen molar-refractivity contribution in [3.63, 3.8) is 0 Å². The van der Waals surface area contributed by atoms with E-state index < -0.39 is 24.4 Å². The number of esters is 1. The van der Waals surface area contributed by atoms with E-state index in [0.29, 0.717) is 45.0 Å². The highest BCUT2D eigenvalue weighted by Gasteiger charge is 2.26. The quantitative estimate of drug-likeness (QED) is 0.169. The Labute approximate surface area is 271 Å². The van der Waals surface area contributed by atoms with Crippen LogP contribution in [-0.4, -0.2) is 36.5 Å². The van der Waals surface area contributed by atoms with Gasteiger partial charge in [-0.05, 0) is 96.6 Å². The lowest BCUT2D eigenvalue weighted by Crippen LogP contribution is -2.24. The summed E-state index contributed by atoms with van der Waals surface area (Å²) in [6.45, 7) is -0.536. The fourth-order valence-corrected chi connectivity index (χ4v) is 5.65. The monoisotopic (exact) mass is 631 g/mol. The molecule has 0 saturated heterocycles. The minimum atomic E-state index is -0.608. The van der Waals surface area contributed by atoms with Gasteiger partial charge < -0.3 is 20.1 Å². The molecule has 4 aromatic carbocycles. The molecule has 1 aromatic heterocycles. The number of allylic oxidation sites excluding steroid dienone is 1. The zero-order valence-corrected chi connectivity index (χ0v) is 25.8. The summed E-state index contributed by atoms with van der Waals surface area (Å²) in [7, 11) is 1.56. The highest BCUT2D eigenvalue weighted by molar-refractivity contribution is 6.30. The summed E-state index contributed by atoms with van der Waals surface area (Å²) < 4.78 is 10.8. The van der Waals surface area contributed by atoms with Gasteiger partial charge in [0.05, 0.1) is 35.1 Å². The predicted molar refractivity (Wildman–Crippen MR) is 180 cm³/mol. The second-order valence-corrected chi connectivity index (χ2v) is 11.2. The van der Waals surface area contributed by atoms with Crippen LogP contribution in [0.5, 0.6) is 5.75 Å². The number of para-hydroxylation sites is 2. The topological polar surface area (TPSA) is 107 Å². The number of nitrogens with zero attached hydrogens (tertiary/aromatic N) is 1. The molecule has 0 aliphatic heterocycles. The van der Waals surface area contributed by atoms with Crippen molar-refractivity contribution in [2.75, 3.05) is 24.4 Å². The molecule has 0 bridgehead atoms. The first kappa shape index (κ1) is 30.6.